The Balaban J connectivity index is 1.97. The van der Waals surface area contributed by atoms with E-state index in [1.54, 1.807) is 14.2 Å². The third-order valence-corrected chi connectivity index (χ3v) is 2.67. The predicted molar refractivity (Wildman–Crippen MR) is 78.4 cm³/mol. The summed E-state index contributed by atoms with van der Waals surface area (Å²) in [5.41, 5.74) is 0.896. The SMILES string of the molecule is COc1cccc(C#CCOc2ccccc2OC)c1. The molecule has 3 heteroatoms. The van der Waals surface area contributed by atoms with Crippen molar-refractivity contribution in [3.05, 3.63) is 54.1 Å². The molecule has 0 radical (unpaired) electrons. The van der Waals surface area contributed by atoms with Crippen molar-refractivity contribution in [2.45, 2.75) is 0 Å². The van der Waals surface area contributed by atoms with E-state index >= 15 is 0 Å². The minimum Gasteiger partial charge on any atom is -0.497 e. The zero-order chi connectivity index (χ0) is 14.2. The van der Waals surface area contributed by atoms with Crippen LogP contribution in [0.3, 0.4) is 0 Å². The summed E-state index contributed by atoms with van der Waals surface area (Å²) in [6.45, 7) is 0.303. The Labute approximate surface area is 119 Å². The van der Waals surface area contributed by atoms with Gasteiger partial charge in [-0.05, 0) is 30.3 Å². The highest BCUT2D eigenvalue weighted by Crippen LogP contribution is 2.25. The molecule has 0 heterocycles. The van der Waals surface area contributed by atoms with Crippen molar-refractivity contribution in [1.29, 1.82) is 0 Å². The minimum absolute atomic E-state index is 0.303. The molecular formula is C17H16O3. The van der Waals surface area contributed by atoms with E-state index < -0.39 is 0 Å². The molecule has 2 aromatic rings. The number of para-hydroxylation sites is 2. The lowest BCUT2D eigenvalue weighted by Crippen LogP contribution is -1.96. The molecule has 0 amide bonds. The van der Waals surface area contributed by atoms with Crippen LogP contribution in [0.4, 0.5) is 0 Å². The Morgan fingerprint density at radius 2 is 1.70 bits per heavy atom. The Morgan fingerprint density at radius 1 is 0.900 bits per heavy atom. The zero-order valence-electron chi connectivity index (χ0n) is 11.6. The van der Waals surface area contributed by atoms with Gasteiger partial charge >= 0.3 is 0 Å². The fraction of sp³-hybridized carbons (Fsp3) is 0.176. The van der Waals surface area contributed by atoms with Crippen LogP contribution in [0.1, 0.15) is 5.56 Å². The van der Waals surface area contributed by atoms with E-state index in [0.29, 0.717) is 18.1 Å². The largest absolute Gasteiger partial charge is 0.497 e. The highest BCUT2D eigenvalue weighted by atomic mass is 16.5. The lowest BCUT2D eigenvalue weighted by molar-refractivity contribution is 0.331. The Kier molecular flexibility index (Phi) is 4.91. The summed E-state index contributed by atoms with van der Waals surface area (Å²) >= 11 is 0. The monoisotopic (exact) mass is 268 g/mol. The predicted octanol–water partition coefficient (Wildman–Crippen LogP) is 3.13. The molecule has 0 fully saturated rings. The number of hydrogen-bond acceptors (Lipinski definition) is 3. The van der Waals surface area contributed by atoms with Crippen LogP contribution in [0.5, 0.6) is 17.2 Å². The fourth-order valence-electron chi connectivity index (χ4n) is 1.69. The van der Waals surface area contributed by atoms with E-state index in [9.17, 15) is 0 Å². The Bertz CT molecular complexity index is 623. The number of methoxy groups -OCH3 is 2. The first-order valence-corrected chi connectivity index (χ1v) is 6.22. The Hall–Kier alpha value is -2.60. The molecule has 0 aliphatic heterocycles. The molecule has 0 aromatic heterocycles. The van der Waals surface area contributed by atoms with E-state index in [-0.39, 0.29) is 0 Å². The minimum atomic E-state index is 0.303. The van der Waals surface area contributed by atoms with Gasteiger partial charge in [0.15, 0.2) is 11.5 Å². The third kappa shape index (κ3) is 3.69. The third-order valence-electron chi connectivity index (χ3n) is 2.67. The van der Waals surface area contributed by atoms with Gasteiger partial charge < -0.3 is 14.2 Å². The first-order valence-electron chi connectivity index (χ1n) is 6.22. The molecule has 0 atom stereocenters. The van der Waals surface area contributed by atoms with Gasteiger partial charge in [-0.15, -0.1) is 0 Å². The molecule has 0 aliphatic rings. The standard InChI is InChI=1S/C17H16O3/c1-18-15-9-5-7-14(13-15)8-6-12-20-17-11-4-3-10-16(17)19-2/h3-5,7,9-11,13H,12H2,1-2H3. The van der Waals surface area contributed by atoms with Crippen molar-refractivity contribution >= 4 is 0 Å². The second-order valence-electron chi connectivity index (χ2n) is 3.97. The summed E-state index contributed by atoms with van der Waals surface area (Å²) < 4.78 is 15.9. The number of benzene rings is 2. The molecule has 0 saturated heterocycles. The van der Waals surface area contributed by atoms with Crippen molar-refractivity contribution in [3.63, 3.8) is 0 Å². The van der Waals surface area contributed by atoms with Gasteiger partial charge in [-0.2, -0.15) is 0 Å². The second kappa shape index (κ2) is 7.10. The van der Waals surface area contributed by atoms with Gasteiger partial charge in [-0.1, -0.05) is 30.0 Å². The molecule has 20 heavy (non-hydrogen) atoms. The molecule has 2 aromatic carbocycles. The van der Waals surface area contributed by atoms with Gasteiger partial charge in [0.25, 0.3) is 0 Å². The summed E-state index contributed by atoms with van der Waals surface area (Å²) in [5, 5.41) is 0. The van der Waals surface area contributed by atoms with Crippen molar-refractivity contribution in [2.75, 3.05) is 20.8 Å². The van der Waals surface area contributed by atoms with Crippen LogP contribution in [0, 0.1) is 11.8 Å². The summed E-state index contributed by atoms with van der Waals surface area (Å²) in [4.78, 5) is 0. The second-order valence-corrected chi connectivity index (χ2v) is 3.97. The number of rotatable bonds is 4. The number of ether oxygens (including phenoxy) is 3. The topological polar surface area (TPSA) is 27.7 Å². The van der Waals surface area contributed by atoms with E-state index in [0.717, 1.165) is 11.3 Å². The van der Waals surface area contributed by atoms with Crippen LogP contribution >= 0.6 is 0 Å². The fourth-order valence-corrected chi connectivity index (χ4v) is 1.69. The van der Waals surface area contributed by atoms with Crippen molar-refractivity contribution in [2.24, 2.45) is 0 Å². The summed E-state index contributed by atoms with van der Waals surface area (Å²) in [5.74, 6) is 8.19. The van der Waals surface area contributed by atoms with Gasteiger partial charge in [0.2, 0.25) is 0 Å². The molecule has 102 valence electrons. The smallest absolute Gasteiger partial charge is 0.162 e. The highest BCUT2D eigenvalue weighted by molar-refractivity contribution is 5.41. The number of hydrogen-bond donors (Lipinski definition) is 0. The van der Waals surface area contributed by atoms with Crippen molar-refractivity contribution in [3.8, 4) is 29.1 Å². The van der Waals surface area contributed by atoms with Crippen LogP contribution in [0.25, 0.3) is 0 Å². The molecular weight excluding hydrogens is 252 g/mol. The van der Waals surface area contributed by atoms with Gasteiger partial charge in [-0.3, -0.25) is 0 Å². The Morgan fingerprint density at radius 3 is 2.45 bits per heavy atom. The van der Waals surface area contributed by atoms with E-state index in [1.807, 2.05) is 48.5 Å². The first kappa shape index (κ1) is 13.8. The molecule has 3 nitrogen and oxygen atoms in total. The van der Waals surface area contributed by atoms with Gasteiger partial charge in [0.1, 0.15) is 12.4 Å². The van der Waals surface area contributed by atoms with E-state index in [4.69, 9.17) is 14.2 Å². The average Bonchev–Trinajstić information content (AvgIpc) is 2.52. The summed E-state index contributed by atoms with van der Waals surface area (Å²) in [7, 11) is 3.25. The van der Waals surface area contributed by atoms with Crippen LogP contribution in [0.15, 0.2) is 48.5 Å². The molecule has 0 aliphatic carbocycles. The maximum absolute atomic E-state index is 5.58. The maximum Gasteiger partial charge on any atom is 0.162 e. The molecule has 2 rings (SSSR count). The molecule has 0 bridgehead atoms. The first-order chi connectivity index (χ1) is 9.83. The summed E-state index contributed by atoms with van der Waals surface area (Å²) in [6, 6.07) is 15.1. The molecule has 0 saturated carbocycles. The van der Waals surface area contributed by atoms with Gasteiger partial charge in [0, 0.05) is 5.56 Å². The van der Waals surface area contributed by atoms with Crippen molar-refractivity contribution < 1.29 is 14.2 Å². The van der Waals surface area contributed by atoms with Crippen molar-refractivity contribution in [1.82, 2.24) is 0 Å². The summed E-state index contributed by atoms with van der Waals surface area (Å²) in [6.07, 6.45) is 0. The maximum atomic E-state index is 5.58. The van der Waals surface area contributed by atoms with Crippen LogP contribution < -0.4 is 14.2 Å². The van der Waals surface area contributed by atoms with Crippen LogP contribution in [0.2, 0.25) is 0 Å². The van der Waals surface area contributed by atoms with E-state index in [2.05, 4.69) is 11.8 Å². The lowest BCUT2D eigenvalue weighted by atomic mass is 10.2. The zero-order valence-corrected chi connectivity index (χ0v) is 11.6. The van der Waals surface area contributed by atoms with Crippen LogP contribution in [-0.2, 0) is 0 Å². The highest BCUT2D eigenvalue weighted by Gasteiger charge is 2.00. The molecule has 0 unspecified atom stereocenters. The average molecular weight is 268 g/mol. The van der Waals surface area contributed by atoms with Gasteiger partial charge in [0.05, 0.1) is 14.2 Å². The van der Waals surface area contributed by atoms with E-state index in [1.165, 1.54) is 0 Å². The molecule has 0 spiro atoms. The normalized spacial score (nSPS) is 9.30. The van der Waals surface area contributed by atoms with Crippen LogP contribution in [-0.4, -0.2) is 20.8 Å². The van der Waals surface area contributed by atoms with Gasteiger partial charge in [-0.25, -0.2) is 0 Å². The lowest BCUT2D eigenvalue weighted by Gasteiger charge is -2.07. The molecule has 0 N–H and O–H groups in total. The quantitative estimate of drug-likeness (QED) is 0.797.